The average molecular weight is 546 g/mol. The summed E-state index contributed by atoms with van der Waals surface area (Å²) in [6.07, 6.45) is 5.01. The van der Waals surface area contributed by atoms with Gasteiger partial charge >= 0.3 is 6.09 Å². The summed E-state index contributed by atoms with van der Waals surface area (Å²) >= 11 is 0. The Bertz CT molecular complexity index is 1200. The monoisotopic (exact) mass is 545 g/mol. The van der Waals surface area contributed by atoms with E-state index >= 15 is 0 Å². The first-order valence-electron chi connectivity index (χ1n) is 13.1. The summed E-state index contributed by atoms with van der Waals surface area (Å²) in [6, 6.07) is 24.4. The fraction of sp³-hybridized carbons (Fsp3) is 0.364. The SMILES string of the molecule is C.C.COC(=O)Nc1ccccc1-c1ccccc1.O=Cc1ccc(NC(=O)CCN2CC3CCCC3C2)cc1. The van der Waals surface area contributed by atoms with Crippen molar-refractivity contribution in [1.29, 1.82) is 0 Å². The van der Waals surface area contributed by atoms with Gasteiger partial charge in [0.2, 0.25) is 5.91 Å². The number of carbonyl (C=O) groups is 3. The zero-order valence-corrected chi connectivity index (χ0v) is 21.8. The molecule has 2 atom stereocenters. The molecule has 2 unspecified atom stereocenters. The standard InChI is InChI=1S/C17H22N2O2.C14H13NO2.2CH4/c20-12-13-4-6-16(7-5-13)18-17(21)8-9-19-10-14-2-1-3-15(14)11-19;1-17-14(16)15-13-10-6-5-9-12(13)11-7-3-2-4-8-11;;/h4-7,12,14-15H,1-3,8-11H2,(H,18,21);2-10H,1H3,(H,15,16);2*1H4. The number of methoxy groups -OCH3 is 1. The molecule has 2 aliphatic rings. The highest BCUT2D eigenvalue weighted by Gasteiger charge is 2.35. The minimum atomic E-state index is -0.464. The van der Waals surface area contributed by atoms with Crippen molar-refractivity contribution in [3.63, 3.8) is 0 Å². The van der Waals surface area contributed by atoms with Gasteiger partial charge in [-0.25, -0.2) is 4.79 Å². The summed E-state index contributed by atoms with van der Waals surface area (Å²) in [6.45, 7) is 3.20. The molecule has 2 N–H and O–H groups in total. The largest absolute Gasteiger partial charge is 0.453 e. The Morgan fingerprint density at radius 1 is 0.875 bits per heavy atom. The van der Waals surface area contributed by atoms with E-state index in [1.165, 1.54) is 39.5 Å². The number of ether oxygens (including phenoxy) is 1. The number of fused-ring (bicyclic) bond motifs is 1. The molecule has 1 aliphatic carbocycles. The number of likely N-dealkylation sites (tertiary alicyclic amines) is 1. The van der Waals surface area contributed by atoms with E-state index in [1.807, 2.05) is 54.6 Å². The minimum Gasteiger partial charge on any atom is -0.453 e. The first kappa shape index (κ1) is 32.2. The number of rotatable bonds is 7. The number of nitrogens with zero attached hydrogens (tertiary/aromatic N) is 1. The molecule has 5 rings (SSSR count). The Labute approximate surface area is 238 Å². The summed E-state index contributed by atoms with van der Waals surface area (Å²) in [5, 5.41) is 5.58. The molecule has 0 aromatic heterocycles. The molecule has 7 nitrogen and oxygen atoms in total. The first-order chi connectivity index (χ1) is 18.6. The number of hydrogen-bond donors (Lipinski definition) is 2. The third-order valence-corrected chi connectivity index (χ3v) is 7.22. The lowest BCUT2D eigenvalue weighted by Gasteiger charge is -2.16. The lowest BCUT2D eigenvalue weighted by atomic mass is 10.0. The number of nitrogens with one attached hydrogen (secondary N) is 2. The zero-order valence-electron chi connectivity index (χ0n) is 21.8. The quantitative estimate of drug-likeness (QED) is 0.303. The molecule has 1 saturated heterocycles. The van der Waals surface area contributed by atoms with Crippen molar-refractivity contribution in [2.24, 2.45) is 11.8 Å². The van der Waals surface area contributed by atoms with Gasteiger partial charge in [-0.15, -0.1) is 0 Å². The number of hydrogen-bond acceptors (Lipinski definition) is 5. The highest BCUT2D eigenvalue weighted by atomic mass is 16.5. The van der Waals surface area contributed by atoms with E-state index in [2.05, 4.69) is 20.3 Å². The van der Waals surface area contributed by atoms with Crippen LogP contribution >= 0.6 is 0 Å². The molecule has 0 bridgehead atoms. The van der Waals surface area contributed by atoms with Gasteiger partial charge in [0.15, 0.2) is 0 Å². The van der Waals surface area contributed by atoms with Gasteiger partial charge < -0.3 is 15.0 Å². The normalized spacial score (nSPS) is 17.1. The van der Waals surface area contributed by atoms with Crippen molar-refractivity contribution in [1.82, 2.24) is 4.90 Å². The predicted molar refractivity (Wildman–Crippen MR) is 164 cm³/mol. The van der Waals surface area contributed by atoms with Gasteiger partial charge in [-0.3, -0.25) is 14.9 Å². The van der Waals surface area contributed by atoms with Crippen molar-refractivity contribution >= 4 is 29.7 Å². The van der Waals surface area contributed by atoms with Crippen LogP contribution in [0.4, 0.5) is 16.2 Å². The summed E-state index contributed by atoms with van der Waals surface area (Å²) in [5.41, 5.74) is 4.14. The van der Waals surface area contributed by atoms with Gasteiger partial charge in [0, 0.05) is 42.9 Å². The Balaban J connectivity index is 0.000000272. The van der Waals surface area contributed by atoms with Gasteiger partial charge in [0.25, 0.3) is 0 Å². The fourth-order valence-electron chi connectivity index (χ4n) is 5.27. The van der Waals surface area contributed by atoms with E-state index in [-0.39, 0.29) is 20.8 Å². The smallest absolute Gasteiger partial charge is 0.411 e. The van der Waals surface area contributed by atoms with Gasteiger partial charge in [-0.05, 0) is 60.6 Å². The highest BCUT2D eigenvalue weighted by molar-refractivity contribution is 5.92. The molecule has 1 heterocycles. The van der Waals surface area contributed by atoms with Crippen LogP contribution in [0.5, 0.6) is 0 Å². The second-order valence-corrected chi connectivity index (χ2v) is 9.78. The van der Waals surface area contributed by atoms with E-state index in [1.54, 1.807) is 24.3 Å². The lowest BCUT2D eigenvalue weighted by Crippen LogP contribution is -2.26. The van der Waals surface area contributed by atoms with Gasteiger partial charge in [0.1, 0.15) is 6.29 Å². The van der Waals surface area contributed by atoms with Crippen LogP contribution in [0.3, 0.4) is 0 Å². The van der Waals surface area contributed by atoms with E-state index in [0.717, 1.165) is 47.2 Å². The van der Waals surface area contributed by atoms with E-state index in [9.17, 15) is 14.4 Å². The Kier molecular flexibility index (Phi) is 13.1. The Morgan fingerprint density at radius 2 is 1.50 bits per heavy atom. The second-order valence-electron chi connectivity index (χ2n) is 9.78. The van der Waals surface area contributed by atoms with Crippen LogP contribution in [0.25, 0.3) is 11.1 Å². The molecule has 214 valence electrons. The maximum absolute atomic E-state index is 12.0. The van der Waals surface area contributed by atoms with Crippen LogP contribution in [0.15, 0.2) is 78.9 Å². The molecule has 3 aromatic rings. The zero-order chi connectivity index (χ0) is 26.7. The van der Waals surface area contributed by atoms with Crippen molar-refractivity contribution in [2.45, 2.75) is 40.5 Å². The van der Waals surface area contributed by atoms with Crippen molar-refractivity contribution < 1.29 is 19.1 Å². The number of anilines is 2. The second kappa shape index (κ2) is 16.2. The molecule has 0 spiro atoms. The van der Waals surface area contributed by atoms with Crippen LogP contribution < -0.4 is 10.6 Å². The van der Waals surface area contributed by atoms with Crippen LogP contribution in [0.1, 0.15) is 50.9 Å². The number of carbonyl (C=O) groups excluding carboxylic acids is 3. The third kappa shape index (κ3) is 9.06. The molecule has 1 aliphatic heterocycles. The van der Waals surface area contributed by atoms with E-state index < -0.39 is 6.09 Å². The lowest BCUT2D eigenvalue weighted by molar-refractivity contribution is -0.116. The summed E-state index contributed by atoms with van der Waals surface area (Å²) in [4.78, 5) is 36.2. The number of benzene rings is 3. The first-order valence-corrected chi connectivity index (χ1v) is 13.1. The van der Waals surface area contributed by atoms with Gasteiger partial charge in [-0.2, -0.15) is 0 Å². The maximum Gasteiger partial charge on any atom is 0.411 e. The molecule has 7 heteroatoms. The molecular formula is C33H43N3O4. The van der Waals surface area contributed by atoms with E-state index in [0.29, 0.717) is 12.0 Å². The van der Waals surface area contributed by atoms with E-state index in [4.69, 9.17) is 0 Å². The number of aldehydes is 1. The topological polar surface area (TPSA) is 87.7 Å². The number of para-hydroxylation sites is 1. The van der Waals surface area contributed by atoms with Crippen LogP contribution in [0, 0.1) is 11.8 Å². The van der Waals surface area contributed by atoms with Gasteiger partial charge in [-0.1, -0.05) is 69.8 Å². The molecule has 1 saturated carbocycles. The molecule has 0 radical (unpaired) electrons. The molecule has 2 amide bonds. The summed E-state index contributed by atoms with van der Waals surface area (Å²) < 4.78 is 4.59. The van der Waals surface area contributed by atoms with Crippen LogP contribution in [-0.2, 0) is 9.53 Å². The van der Waals surface area contributed by atoms with Crippen molar-refractivity contribution in [3.8, 4) is 11.1 Å². The van der Waals surface area contributed by atoms with Crippen LogP contribution in [-0.4, -0.2) is 49.9 Å². The van der Waals surface area contributed by atoms with Gasteiger partial charge in [0.05, 0.1) is 12.8 Å². The highest BCUT2D eigenvalue weighted by Crippen LogP contribution is 2.37. The number of amides is 2. The third-order valence-electron chi connectivity index (χ3n) is 7.22. The van der Waals surface area contributed by atoms with Crippen molar-refractivity contribution in [3.05, 3.63) is 84.4 Å². The average Bonchev–Trinajstić information content (AvgIpc) is 3.56. The fourth-order valence-corrected chi connectivity index (χ4v) is 5.27. The predicted octanol–water partition coefficient (Wildman–Crippen LogP) is 7.36. The summed E-state index contributed by atoms with van der Waals surface area (Å²) in [7, 11) is 1.35. The van der Waals surface area contributed by atoms with Crippen molar-refractivity contribution in [2.75, 3.05) is 37.4 Å². The minimum absolute atomic E-state index is 0. The summed E-state index contributed by atoms with van der Waals surface area (Å²) in [5.74, 6) is 1.80. The molecule has 2 fully saturated rings. The molecule has 3 aromatic carbocycles. The molecule has 40 heavy (non-hydrogen) atoms. The Morgan fingerprint density at radius 3 is 2.12 bits per heavy atom. The maximum atomic E-state index is 12.0. The van der Waals surface area contributed by atoms with Crippen LogP contribution in [0.2, 0.25) is 0 Å². The Hall–Kier alpha value is -3.97. The molecular weight excluding hydrogens is 502 g/mol.